The predicted molar refractivity (Wildman–Crippen MR) is 109 cm³/mol. The summed E-state index contributed by atoms with van der Waals surface area (Å²) < 4.78 is 25.8. The van der Waals surface area contributed by atoms with Crippen LogP contribution in [0.1, 0.15) is 17.2 Å². The first-order chi connectivity index (χ1) is 14.1. The minimum atomic E-state index is -0.473. The Kier molecular flexibility index (Phi) is 4.99. The second kappa shape index (κ2) is 7.75. The zero-order valence-corrected chi connectivity index (χ0v) is 16.0. The summed E-state index contributed by atoms with van der Waals surface area (Å²) in [4.78, 5) is 17.6. The number of halogens is 1. The Morgan fingerprint density at radius 2 is 1.41 bits per heavy atom. The van der Waals surface area contributed by atoms with Crippen LogP contribution in [0.3, 0.4) is 0 Å². The van der Waals surface area contributed by atoms with E-state index in [4.69, 9.17) is 9.47 Å². The van der Waals surface area contributed by atoms with Crippen molar-refractivity contribution in [2.24, 2.45) is 0 Å². The Labute approximate surface area is 167 Å². The molecular weight excluding hydrogens is 371 g/mol. The van der Waals surface area contributed by atoms with Gasteiger partial charge in [0.15, 0.2) is 0 Å². The van der Waals surface area contributed by atoms with Gasteiger partial charge in [-0.2, -0.15) is 0 Å². The van der Waals surface area contributed by atoms with E-state index in [0.29, 0.717) is 17.0 Å². The summed E-state index contributed by atoms with van der Waals surface area (Å²) in [6.07, 6.45) is 1.50. The van der Waals surface area contributed by atoms with Gasteiger partial charge in [0.05, 0.1) is 37.5 Å². The normalized spacial score (nSPS) is 11.0. The minimum absolute atomic E-state index is 0.236. The predicted octanol–water partition coefficient (Wildman–Crippen LogP) is 4.19. The van der Waals surface area contributed by atoms with Crippen LogP contribution in [0.2, 0.25) is 0 Å². The van der Waals surface area contributed by atoms with Crippen LogP contribution in [0.25, 0.3) is 10.9 Å². The number of hydrogen-bond acceptors (Lipinski definition) is 4. The fourth-order valence-electron chi connectivity index (χ4n) is 3.38. The second-order valence-corrected chi connectivity index (χ2v) is 6.57. The highest BCUT2D eigenvalue weighted by Crippen LogP contribution is 2.29. The lowest BCUT2D eigenvalue weighted by molar-refractivity contribution is 0.414. The largest absolute Gasteiger partial charge is 0.497 e. The van der Waals surface area contributed by atoms with E-state index in [1.165, 1.54) is 29.1 Å². The van der Waals surface area contributed by atoms with Crippen molar-refractivity contribution < 1.29 is 13.9 Å². The Hall–Kier alpha value is -3.67. The summed E-state index contributed by atoms with van der Waals surface area (Å²) in [6.45, 7) is 0. The van der Waals surface area contributed by atoms with Gasteiger partial charge in [-0.05, 0) is 53.6 Å². The molecule has 1 heterocycles. The Morgan fingerprint density at radius 1 is 0.862 bits per heavy atom. The summed E-state index contributed by atoms with van der Waals surface area (Å²) in [5, 5.41) is 0.236. The van der Waals surface area contributed by atoms with Crippen LogP contribution in [-0.4, -0.2) is 23.8 Å². The van der Waals surface area contributed by atoms with Crippen molar-refractivity contribution in [2.75, 3.05) is 14.2 Å². The Bertz CT molecular complexity index is 1150. The molecule has 0 aliphatic rings. The topological polar surface area (TPSA) is 53.4 Å². The quantitative estimate of drug-likeness (QED) is 0.513. The van der Waals surface area contributed by atoms with Crippen molar-refractivity contribution in [1.29, 1.82) is 0 Å². The van der Waals surface area contributed by atoms with Gasteiger partial charge in [0.25, 0.3) is 5.56 Å². The molecule has 5 nitrogen and oxygen atoms in total. The average Bonchev–Trinajstić information content (AvgIpc) is 2.77. The molecule has 0 radical (unpaired) electrons. The molecule has 0 saturated carbocycles. The Morgan fingerprint density at radius 3 is 1.93 bits per heavy atom. The van der Waals surface area contributed by atoms with Crippen LogP contribution in [-0.2, 0) is 0 Å². The molecule has 3 aromatic carbocycles. The van der Waals surface area contributed by atoms with Gasteiger partial charge in [0.2, 0.25) is 0 Å². The highest BCUT2D eigenvalue weighted by Gasteiger charge is 2.19. The SMILES string of the molecule is COc1ccc(C(c2ccc(OC)cc2)n2cnc3ccc(F)cc3c2=O)cc1. The Balaban J connectivity index is 1.92. The van der Waals surface area contributed by atoms with Crippen molar-refractivity contribution in [2.45, 2.75) is 6.04 Å². The fourth-order valence-corrected chi connectivity index (χ4v) is 3.38. The van der Waals surface area contributed by atoms with E-state index in [1.54, 1.807) is 14.2 Å². The highest BCUT2D eigenvalue weighted by molar-refractivity contribution is 5.77. The van der Waals surface area contributed by atoms with Crippen LogP contribution in [0.15, 0.2) is 77.9 Å². The number of fused-ring (bicyclic) bond motifs is 1. The maximum Gasteiger partial charge on any atom is 0.262 e. The number of aromatic nitrogens is 2. The van der Waals surface area contributed by atoms with Gasteiger partial charge in [0.1, 0.15) is 17.3 Å². The molecule has 0 fully saturated rings. The van der Waals surface area contributed by atoms with Gasteiger partial charge < -0.3 is 9.47 Å². The molecule has 0 N–H and O–H groups in total. The second-order valence-electron chi connectivity index (χ2n) is 6.57. The van der Waals surface area contributed by atoms with Crippen LogP contribution in [0.5, 0.6) is 11.5 Å². The summed E-state index contributed by atoms with van der Waals surface area (Å²) in [5.74, 6) is 0.959. The maximum absolute atomic E-state index is 13.8. The monoisotopic (exact) mass is 390 g/mol. The first-order valence-corrected chi connectivity index (χ1v) is 9.05. The van der Waals surface area contributed by atoms with Gasteiger partial charge in [0, 0.05) is 0 Å². The van der Waals surface area contributed by atoms with Crippen molar-refractivity contribution in [1.82, 2.24) is 9.55 Å². The van der Waals surface area contributed by atoms with E-state index in [1.807, 2.05) is 48.5 Å². The van der Waals surface area contributed by atoms with Crippen molar-refractivity contribution >= 4 is 10.9 Å². The van der Waals surface area contributed by atoms with Crippen molar-refractivity contribution in [3.8, 4) is 11.5 Å². The molecule has 4 aromatic rings. The number of rotatable bonds is 5. The number of benzene rings is 3. The lowest BCUT2D eigenvalue weighted by atomic mass is 9.98. The third kappa shape index (κ3) is 3.57. The molecule has 4 rings (SSSR count). The lowest BCUT2D eigenvalue weighted by Gasteiger charge is -2.21. The third-order valence-corrected chi connectivity index (χ3v) is 4.89. The summed E-state index contributed by atoms with van der Waals surface area (Å²) in [7, 11) is 3.20. The van der Waals surface area contributed by atoms with Crippen molar-refractivity contribution in [3.63, 3.8) is 0 Å². The molecule has 1 aromatic heterocycles. The van der Waals surface area contributed by atoms with Gasteiger partial charge in [-0.25, -0.2) is 9.37 Å². The summed E-state index contributed by atoms with van der Waals surface area (Å²) in [5.41, 5.74) is 1.88. The van der Waals surface area contributed by atoms with E-state index in [0.717, 1.165) is 11.1 Å². The van der Waals surface area contributed by atoms with E-state index in [9.17, 15) is 9.18 Å². The van der Waals surface area contributed by atoms with Crippen LogP contribution in [0, 0.1) is 5.82 Å². The standard InChI is InChI=1S/C23H19FN2O3/c1-28-18-8-3-15(4-9-18)22(16-5-10-19(29-2)11-6-16)26-14-25-21-12-7-17(24)13-20(21)23(26)27/h3-14,22H,1-2H3. The van der Waals surface area contributed by atoms with Gasteiger partial charge in [-0.1, -0.05) is 24.3 Å². The summed E-state index contributed by atoms with van der Waals surface area (Å²) in [6, 6.07) is 18.5. The zero-order chi connectivity index (χ0) is 20.4. The molecule has 0 spiro atoms. The smallest absolute Gasteiger partial charge is 0.262 e. The molecule has 29 heavy (non-hydrogen) atoms. The first-order valence-electron chi connectivity index (χ1n) is 9.05. The van der Waals surface area contributed by atoms with Gasteiger partial charge in [-0.15, -0.1) is 0 Å². The molecule has 146 valence electrons. The van der Waals surface area contributed by atoms with Crippen molar-refractivity contribution in [3.05, 3.63) is 100 Å². The van der Waals surface area contributed by atoms with Crippen LogP contribution < -0.4 is 15.0 Å². The zero-order valence-electron chi connectivity index (χ0n) is 16.0. The lowest BCUT2D eigenvalue weighted by Crippen LogP contribution is -2.26. The molecule has 0 unspecified atom stereocenters. The third-order valence-electron chi connectivity index (χ3n) is 4.89. The van der Waals surface area contributed by atoms with E-state index in [-0.39, 0.29) is 10.9 Å². The van der Waals surface area contributed by atoms with Gasteiger partial charge in [-0.3, -0.25) is 9.36 Å². The van der Waals surface area contributed by atoms with E-state index >= 15 is 0 Å². The number of nitrogens with zero attached hydrogens (tertiary/aromatic N) is 2. The summed E-state index contributed by atoms with van der Waals surface area (Å²) >= 11 is 0. The number of hydrogen-bond donors (Lipinski definition) is 0. The molecule has 6 heteroatoms. The number of ether oxygens (including phenoxy) is 2. The highest BCUT2D eigenvalue weighted by atomic mass is 19.1. The number of methoxy groups -OCH3 is 2. The van der Waals surface area contributed by atoms with Gasteiger partial charge >= 0.3 is 0 Å². The first kappa shape index (κ1) is 18.7. The van der Waals surface area contributed by atoms with E-state index < -0.39 is 11.9 Å². The fraction of sp³-hybridized carbons (Fsp3) is 0.130. The minimum Gasteiger partial charge on any atom is -0.497 e. The molecule has 0 atom stereocenters. The average molecular weight is 390 g/mol. The molecule has 0 saturated heterocycles. The molecule has 0 bridgehead atoms. The molecule has 0 amide bonds. The van der Waals surface area contributed by atoms with Crippen LogP contribution in [0.4, 0.5) is 4.39 Å². The van der Waals surface area contributed by atoms with Crippen LogP contribution >= 0.6 is 0 Å². The molecular formula is C23H19FN2O3. The maximum atomic E-state index is 13.8. The molecule has 0 aliphatic carbocycles. The van der Waals surface area contributed by atoms with E-state index in [2.05, 4.69) is 4.98 Å². The molecule has 0 aliphatic heterocycles.